The minimum atomic E-state index is -3.77. The molecular formula is C23H23N3O4S. The van der Waals surface area contributed by atoms with E-state index in [-0.39, 0.29) is 17.3 Å². The zero-order valence-electron chi connectivity index (χ0n) is 17.1. The van der Waals surface area contributed by atoms with Crippen molar-refractivity contribution in [3.8, 4) is 11.5 Å². The lowest BCUT2D eigenvalue weighted by atomic mass is 10.2. The van der Waals surface area contributed by atoms with Crippen LogP contribution < -0.4 is 19.7 Å². The Bertz CT molecular complexity index is 1210. The minimum Gasteiger partial charge on any atom is -0.455 e. The summed E-state index contributed by atoms with van der Waals surface area (Å²) >= 11 is 0. The molecule has 3 aromatic rings. The highest BCUT2D eigenvalue weighted by Gasteiger charge is 2.27. The van der Waals surface area contributed by atoms with Crippen molar-refractivity contribution in [1.29, 1.82) is 0 Å². The number of sulfonamides is 1. The third kappa shape index (κ3) is 4.55. The summed E-state index contributed by atoms with van der Waals surface area (Å²) in [4.78, 5) is 16.6. The average molecular weight is 438 g/mol. The molecule has 1 heterocycles. The van der Waals surface area contributed by atoms with Gasteiger partial charge in [0.2, 0.25) is 15.9 Å². The summed E-state index contributed by atoms with van der Waals surface area (Å²) in [7, 11) is -1.93. The number of fused-ring (bicyclic) bond motifs is 1. The summed E-state index contributed by atoms with van der Waals surface area (Å²) in [5, 5.41) is 5.22. The fourth-order valence-electron chi connectivity index (χ4n) is 3.66. The van der Waals surface area contributed by atoms with Crippen molar-refractivity contribution in [2.75, 3.05) is 29.9 Å². The highest BCUT2D eigenvalue weighted by molar-refractivity contribution is 7.89. The Morgan fingerprint density at radius 3 is 2.52 bits per heavy atom. The summed E-state index contributed by atoms with van der Waals surface area (Å²) in [6.45, 7) is 0.643. The number of para-hydroxylation sites is 3. The topological polar surface area (TPSA) is 92.9 Å². The van der Waals surface area contributed by atoms with Crippen molar-refractivity contribution >= 4 is 27.3 Å². The first-order valence-electron chi connectivity index (χ1n) is 9.82. The maximum absolute atomic E-state index is 13.0. The number of primary sulfonamides is 1. The number of nitrogens with zero attached hydrogens (tertiary/aromatic N) is 2. The maximum atomic E-state index is 13.0. The number of carbonyl (C=O) groups is 1. The van der Waals surface area contributed by atoms with Gasteiger partial charge in [-0.2, -0.15) is 0 Å². The molecule has 0 saturated heterocycles. The molecule has 3 aromatic carbocycles. The standard InChI is InChI=1S/C23H23N3O4S/c1-25(21-9-5-6-10-22(21)30-18-7-3-2-4-8-18)16-23(27)26-14-13-17-15-19(31(24,28)29)11-12-20(17)26/h2-12,15H,13-14,16H2,1H3,(H2,24,28,29). The number of likely N-dealkylation sites (N-methyl/N-ethyl adjacent to an activating group) is 1. The average Bonchev–Trinajstić information content (AvgIpc) is 3.18. The van der Waals surface area contributed by atoms with E-state index >= 15 is 0 Å². The summed E-state index contributed by atoms with van der Waals surface area (Å²) < 4.78 is 29.2. The quantitative estimate of drug-likeness (QED) is 0.640. The first kappa shape index (κ1) is 20.9. The van der Waals surface area contributed by atoms with Crippen molar-refractivity contribution in [3.05, 3.63) is 78.4 Å². The van der Waals surface area contributed by atoms with Crippen LogP contribution in [0.1, 0.15) is 5.56 Å². The molecule has 0 spiro atoms. The van der Waals surface area contributed by atoms with Crippen LogP contribution in [0.25, 0.3) is 0 Å². The van der Waals surface area contributed by atoms with E-state index < -0.39 is 10.0 Å². The van der Waals surface area contributed by atoms with Crippen molar-refractivity contribution in [2.24, 2.45) is 5.14 Å². The van der Waals surface area contributed by atoms with Gasteiger partial charge in [-0.1, -0.05) is 30.3 Å². The van der Waals surface area contributed by atoms with Crippen LogP contribution in [0.4, 0.5) is 11.4 Å². The molecule has 31 heavy (non-hydrogen) atoms. The molecule has 160 valence electrons. The first-order valence-corrected chi connectivity index (χ1v) is 11.4. The van der Waals surface area contributed by atoms with Crippen LogP contribution in [0.5, 0.6) is 11.5 Å². The molecule has 0 bridgehead atoms. The van der Waals surface area contributed by atoms with Gasteiger partial charge >= 0.3 is 0 Å². The van der Waals surface area contributed by atoms with Crippen molar-refractivity contribution in [2.45, 2.75) is 11.3 Å². The molecule has 0 saturated carbocycles. The van der Waals surface area contributed by atoms with Crippen LogP contribution in [-0.4, -0.2) is 34.5 Å². The van der Waals surface area contributed by atoms with Gasteiger partial charge in [-0.05, 0) is 54.4 Å². The zero-order valence-corrected chi connectivity index (χ0v) is 17.9. The van der Waals surface area contributed by atoms with Crippen molar-refractivity contribution in [3.63, 3.8) is 0 Å². The smallest absolute Gasteiger partial charge is 0.246 e. The normalized spacial score (nSPS) is 13.0. The minimum absolute atomic E-state index is 0.0599. The van der Waals surface area contributed by atoms with Crippen LogP contribution >= 0.6 is 0 Å². The number of nitrogens with two attached hydrogens (primary N) is 1. The molecule has 2 N–H and O–H groups in total. The van der Waals surface area contributed by atoms with E-state index in [2.05, 4.69) is 0 Å². The van der Waals surface area contributed by atoms with Crippen molar-refractivity contribution < 1.29 is 17.9 Å². The Balaban J connectivity index is 1.51. The predicted octanol–water partition coefficient (Wildman–Crippen LogP) is 3.15. The van der Waals surface area contributed by atoms with E-state index in [1.54, 1.807) is 17.0 Å². The van der Waals surface area contributed by atoms with Gasteiger partial charge in [-0.3, -0.25) is 4.79 Å². The Kier molecular flexibility index (Phi) is 5.67. The van der Waals surface area contributed by atoms with Crippen LogP contribution in [-0.2, 0) is 21.2 Å². The number of amides is 1. The number of hydrogen-bond acceptors (Lipinski definition) is 5. The molecule has 0 unspecified atom stereocenters. The van der Waals surface area contributed by atoms with E-state index in [9.17, 15) is 13.2 Å². The van der Waals surface area contributed by atoms with Crippen LogP contribution in [0.2, 0.25) is 0 Å². The molecule has 4 rings (SSSR count). The summed E-state index contributed by atoms with van der Waals surface area (Å²) in [5.41, 5.74) is 2.32. The monoisotopic (exact) mass is 437 g/mol. The summed E-state index contributed by atoms with van der Waals surface area (Å²) in [6.07, 6.45) is 0.585. The summed E-state index contributed by atoms with van der Waals surface area (Å²) in [6, 6.07) is 21.6. The Morgan fingerprint density at radius 2 is 1.77 bits per heavy atom. The first-order chi connectivity index (χ1) is 14.8. The van der Waals surface area contributed by atoms with Gasteiger partial charge in [0.05, 0.1) is 17.1 Å². The van der Waals surface area contributed by atoms with Crippen LogP contribution in [0.15, 0.2) is 77.7 Å². The number of rotatable bonds is 6. The Labute approximate surface area is 181 Å². The third-order valence-electron chi connectivity index (χ3n) is 5.20. The fraction of sp³-hybridized carbons (Fsp3) is 0.174. The Morgan fingerprint density at radius 1 is 1.06 bits per heavy atom. The molecule has 1 amide bonds. The predicted molar refractivity (Wildman–Crippen MR) is 120 cm³/mol. The Hall–Kier alpha value is -3.36. The molecule has 8 heteroatoms. The lowest BCUT2D eigenvalue weighted by molar-refractivity contribution is -0.117. The number of benzene rings is 3. The highest BCUT2D eigenvalue weighted by Crippen LogP contribution is 2.33. The van der Waals surface area contributed by atoms with Gasteiger partial charge in [0.15, 0.2) is 5.75 Å². The lowest BCUT2D eigenvalue weighted by Crippen LogP contribution is -2.38. The molecule has 0 atom stereocenters. The van der Waals surface area contributed by atoms with E-state index in [1.807, 2.05) is 66.5 Å². The van der Waals surface area contributed by atoms with Gasteiger partial charge in [0.1, 0.15) is 5.75 Å². The SMILES string of the molecule is CN(CC(=O)N1CCc2cc(S(N)(=O)=O)ccc21)c1ccccc1Oc1ccccc1. The molecule has 0 radical (unpaired) electrons. The van der Waals surface area contributed by atoms with Crippen LogP contribution in [0.3, 0.4) is 0 Å². The third-order valence-corrected chi connectivity index (χ3v) is 6.11. The number of ether oxygens (including phenoxy) is 1. The molecule has 0 aromatic heterocycles. The van der Waals surface area contributed by atoms with Gasteiger partial charge in [0.25, 0.3) is 0 Å². The largest absolute Gasteiger partial charge is 0.455 e. The van der Waals surface area contributed by atoms with Gasteiger partial charge in [-0.25, -0.2) is 13.6 Å². The van der Waals surface area contributed by atoms with Crippen molar-refractivity contribution in [1.82, 2.24) is 0 Å². The molecular weight excluding hydrogens is 414 g/mol. The molecule has 0 fully saturated rings. The molecule has 7 nitrogen and oxygen atoms in total. The van der Waals surface area contributed by atoms with E-state index in [0.29, 0.717) is 24.5 Å². The lowest BCUT2D eigenvalue weighted by Gasteiger charge is -2.25. The maximum Gasteiger partial charge on any atom is 0.246 e. The number of anilines is 2. The van der Waals surface area contributed by atoms with Crippen LogP contribution in [0, 0.1) is 0 Å². The number of carbonyl (C=O) groups excluding carboxylic acids is 1. The zero-order chi connectivity index (χ0) is 22.0. The second-order valence-corrected chi connectivity index (χ2v) is 8.93. The summed E-state index contributed by atoms with van der Waals surface area (Å²) in [5.74, 6) is 1.29. The van der Waals surface area contributed by atoms with E-state index in [4.69, 9.17) is 9.88 Å². The van der Waals surface area contributed by atoms with Gasteiger partial charge in [-0.15, -0.1) is 0 Å². The van der Waals surface area contributed by atoms with Gasteiger partial charge < -0.3 is 14.5 Å². The second kappa shape index (κ2) is 8.41. The highest BCUT2D eigenvalue weighted by atomic mass is 32.2. The van der Waals surface area contributed by atoms with Gasteiger partial charge in [0, 0.05) is 19.3 Å². The fourth-order valence-corrected chi connectivity index (χ4v) is 4.23. The van der Waals surface area contributed by atoms with E-state index in [0.717, 1.165) is 16.9 Å². The van der Waals surface area contributed by atoms with E-state index in [1.165, 1.54) is 6.07 Å². The second-order valence-electron chi connectivity index (χ2n) is 7.37. The molecule has 1 aliphatic heterocycles. The number of hydrogen-bond donors (Lipinski definition) is 1. The molecule has 0 aliphatic carbocycles. The molecule has 1 aliphatic rings.